The van der Waals surface area contributed by atoms with Crippen molar-refractivity contribution in [3.05, 3.63) is 0 Å². The lowest BCUT2D eigenvalue weighted by molar-refractivity contribution is -0.136. The largest absolute Gasteiger partial charge is 0.341 e. The number of carbonyl (C=O) groups is 1. The number of amides is 1. The number of nitrogens with zero attached hydrogens (tertiary/aromatic N) is 2. The number of hydrogen-bond donors (Lipinski definition) is 1. The molecule has 2 unspecified atom stereocenters. The smallest absolute Gasteiger partial charge is 0.227 e. The van der Waals surface area contributed by atoms with Gasteiger partial charge in [-0.1, -0.05) is 0 Å². The molecule has 19 heavy (non-hydrogen) atoms. The molecule has 2 bridgehead atoms. The van der Waals surface area contributed by atoms with Crippen molar-refractivity contribution >= 4 is 18.3 Å². The normalized spacial score (nSPS) is 35.6. The lowest BCUT2D eigenvalue weighted by Crippen LogP contribution is -2.46. The highest BCUT2D eigenvalue weighted by molar-refractivity contribution is 5.85. The topological polar surface area (TPSA) is 35.6 Å². The summed E-state index contributed by atoms with van der Waals surface area (Å²) in [5.74, 6) is 0.642. The van der Waals surface area contributed by atoms with Crippen LogP contribution < -0.4 is 5.32 Å². The standard InChI is InChI=1S/C14H25N3O.ClH/c1-16-12-4-5-13(16)10-17(8-6-12)14(18)11-3-2-7-15-9-11;/h11-13,15H,2-10H2,1H3;1H/t11-,12?,13?;/m1./s1. The van der Waals surface area contributed by atoms with Crippen molar-refractivity contribution in [2.75, 3.05) is 33.2 Å². The number of piperidine rings is 1. The summed E-state index contributed by atoms with van der Waals surface area (Å²) in [7, 11) is 2.23. The molecule has 0 saturated carbocycles. The molecule has 0 spiro atoms. The average Bonchev–Trinajstić information content (AvgIpc) is 2.64. The summed E-state index contributed by atoms with van der Waals surface area (Å²) in [6, 6.07) is 1.33. The fraction of sp³-hybridized carbons (Fsp3) is 0.929. The second-order valence-corrected chi connectivity index (χ2v) is 6.17. The summed E-state index contributed by atoms with van der Waals surface area (Å²) in [5.41, 5.74) is 0. The average molecular weight is 288 g/mol. The Labute approximate surface area is 122 Å². The zero-order valence-corrected chi connectivity index (χ0v) is 12.6. The third-order valence-corrected chi connectivity index (χ3v) is 5.11. The molecular weight excluding hydrogens is 262 g/mol. The zero-order chi connectivity index (χ0) is 12.5. The first-order valence-electron chi connectivity index (χ1n) is 7.47. The van der Waals surface area contributed by atoms with Crippen LogP contribution in [0.4, 0.5) is 0 Å². The molecule has 5 heteroatoms. The lowest BCUT2D eigenvalue weighted by atomic mass is 9.97. The third kappa shape index (κ3) is 3.06. The van der Waals surface area contributed by atoms with E-state index in [1.807, 2.05) is 0 Å². The van der Waals surface area contributed by atoms with Crippen molar-refractivity contribution in [2.24, 2.45) is 5.92 Å². The van der Waals surface area contributed by atoms with E-state index in [2.05, 4.69) is 22.2 Å². The highest BCUT2D eigenvalue weighted by Gasteiger charge is 2.37. The molecule has 3 saturated heterocycles. The summed E-state index contributed by atoms with van der Waals surface area (Å²) in [4.78, 5) is 17.2. The number of carbonyl (C=O) groups excluding carboxylic acids is 1. The molecular formula is C14H26ClN3O. The van der Waals surface area contributed by atoms with Gasteiger partial charge in [0.05, 0.1) is 5.92 Å². The van der Waals surface area contributed by atoms with Crippen molar-refractivity contribution in [3.63, 3.8) is 0 Å². The van der Waals surface area contributed by atoms with E-state index < -0.39 is 0 Å². The molecule has 0 aliphatic carbocycles. The Hall–Kier alpha value is -0.320. The molecule has 0 aromatic rings. The predicted molar refractivity (Wildman–Crippen MR) is 78.6 cm³/mol. The highest BCUT2D eigenvalue weighted by atomic mass is 35.5. The summed E-state index contributed by atoms with van der Waals surface area (Å²) in [5, 5.41) is 3.36. The van der Waals surface area contributed by atoms with Gasteiger partial charge >= 0.3 is 0 Å². The van der Waals surface area contributed by atoms with Gasteiger partial charge in [0.15, 0.2) is 0 Å². The van der Waals surface area contributed by atoms with Gasteiger partial charge in [-0.25, -0.2) is 0 Å². The molecule has 3 rings (SSSR count). The molecule has 3 heterocycles. The number of likely N-dealkylation sites (N-methyl/N-ethyl adjacent to an activating group) is 1. The molecule has 0 aromatic carbocycles. The zero-order valence-electron chi connectivity index (χ0n) is 11.8. The van der Waals surface area contributed by atoms with Crippen molar-refractivity contribution in [3.8, 4) is 0 Å². The minimum absolute atomic E-state index is 0. The van der Waals surface area contributed by atoms with Crippen LogP contribution in [0.2, 0.25) is 0 Å². The van der Waals surface area contributed by atoms with Crippen LogP contribution in [-0.4, -0.2) is 61.0 Å². The lowest BCUT2D eigenvalue weighted by Gasteiger charge is -2.31. The Balaban J connectivity index is 0.00000133. The molecule has 0 aromatic heterocycles. The number of fused-ring (bicyclic) bond motifs is 2. The van der Waals surface area contributed by atoms with E-state index in [0.29, 0.717) is 11.9 Å². The molecule has 3 atom stereocenters. The second-order valence-electron chi connectivity index (χ2n) is 6.17. The van der Waals surface area contributed by atoms with Gasteiger partial charge in [0.2, 0.25) is 5.91 Å². The van der Waals surface area contributed by atoms with Gasteiger partial charge in [0.25, 0.3) is 0 Å². The van der Waals surface area contributed by atoms with Gasteiger partial charge in [0.1, 0.15) is 0 Å². The van der Waals surface area contributed by atoms with E-state index in [0.717, 1.165) is 45.1 Å². The second kappa shape index (κ2) is 6.42. The van der Waals surface area contributed by atoms with Gasteiger partial charge < -0.3 is 10.2 Å². The van der Waals surface area contributed by atoms with Crippen LogP contribution in [0.25, 0.3) is 0 Å². The van der Waals surface area contributed by atoms with E-state index >= 15 is 0 Å². The first kappa shape index (κ1) is 15.1. The van der Waals surface area contributed by atoms with Crippen LogP contribution in [0, 0.1) is 5.92 Å². The Bertz CT molecular complexity index is 320. The van der Waals surface area contributed by atoms with Crippen molar-refractivity contribution in [2.45, 2.75) is 44.2 Å². The SMILES string of the molecule is CN1C2CCC1CN(C(=O)[C@@H]1CCCNC1)CC2.Cl. The number of likely N-dealkylation sites (tertiary alicyclic amines) is 1. The minimum atomic E-state index is 0. The van der Waals surface area contributed by atoms with Crippen LogP contribution >= 0.6 is 12.4 Å². The number of halogens is 1. The Morgan fingerprint density at radius 2 is 1.95 bits per heavy atom. The molecule has 3 fully saturated rings. The van der Waals surface area contributed by atoms with E-state index in [1.165, 1.54) is 19.3 Å². The van der Waals surface area contributed by atoms with Crippen LogP contribution in [0.5, 0.6) is 0 Å². The number of rotatable bonds is 1. The fourth-order valence-corrected chi connectivity index (χ4v) is 3.83. The predicted octanol–water partition coefficient (Wildman–Crippen LogP) is 1.10. The van der Waals surface area contributed by atoms with Crippen LogP contribution in [0.3, 0.4) is 0 Å². The minimum Gasteiger partial charge on any atom is -0.341 e. The maximum Gasteiger partial charge on any atom is 0.227 e. The van der Waals surface area contributed by atoms with Gasteiger partial charge in [-0.2, -0.15) is 0 Å². The Morgan fingerprint density at radius 3 is 2.68 bits per heavy atom. The fourth-order valence-electron chi connectivity index (χ4n) is 3.83. The van der Waals surface area contributed by atoms with Gasteiger partial charge in [-0.3, -0.25) is 9.69 Å². The molecule has 110 valence electrons. The monoisotopic (exact) mass is 287 g/mol. The molecule has 4 nitrogen and oxygen atoms in total. The van der Waals surface area contributed by atoms with Gasteiger partial charge in [0, 0.05) is 31.7 Å². The van der Waals surface area contributed by atoms with E-state index in [-0.39, 0.29) is 18.3 Å². The maximum atomic E-state index is 12.6. The summed E-state index contributed by atoms with van der Waals surface area (Å²) in [6.07, 6.45) is 5.99. The Kier molecular flexibility index (Phi) is 5.09. The van der Waals surface area contributed by atoms with Crippen LogP contribution in [-0.2, 0) is 4.79 Å². The molecule has 0 radical (unpaired) electrons. The van der Waals surface area contributed by atoms with E-state index in [4.69, 9.17) is 0 Å². The quantitative estimate of drug-likeness (QED) is 0.785. The van der Waals surface area contributed by atoms with E-state index in [1.54, 1.807) is 0 Å². The van der Waals surface area contributed by atoms with Gasteiger partial charge in [-0.15, -0.1) is 12.4 Å². The molecule has 1 amide bonds. The van der Waals surface area contributed by atoms with Crippen molar-refractivity contribution < 1.29 is 4.79 Å². The first-order valence-corrected chi connectivity index (χ1v) is 7.47. The number of hydrogen-bond acceptors (Lipinski definition) is 3. The van der Waals surface area contributed by atoms with E-state index in [9.17, 15) is 4.79 Å². The molecule has 1 N–H and O–H groups in total. The van der Waals surface area contributed by atoms with Gasteiger partial charge in [-0.05, 0) is 45.7 Å². The van der Waals surface area contributed by atoms with Crippen LogP contribution in [0.15, 0.2) is 0 Å². The van der Waals surface area contributed by atoms with Crippen molar-refractivity contribution in [1.82, 2.24) is 15.1 Å². The molecule has 3 aliphatic heterocycles. The first-order chi connectivity index (χ1) is 8.75. The maximum absolute atomic E-state index is 12.6. The number of nitrogens with one attached hydrogen (secondary N) is 1. The van der Waals surface area contributed by atoms with Crippen molar-refractivity contribution in [1.29, 1.82) is 0 Å². The molecule has 3 aliphatic rings. The third-order valence-electron chi connectivity index (χ3n) is 5.11. The summed E-state index contributed by atoms with van der Waals surface area (Å²) >= 11 is 0. The summed E-state index contributed by atoms with van der Waals surface area (Å²) < 4.78 is 0. The highest BCUT2D eigenvalue weighted by Crippen LogP contribution is 2.29. The summed E-state index contributed by atoms with van der Waals surface area (Å²) in [6.45, 7) is 3.90. The Morgan fingerprint density at radius 1 is 1.16 bits per heavy atom. The van der Waals surface area contributed by atoms with Crippen LogP contribution in [0.1, 0.15) is 32.1 Å².